The fourth-order valence-electron chi connectivity index (χ4n) is 12.7. The molecule has 0 aromatic rings. The molecule has 0 bridgehead atoms. The minimum absolute atomic E-state index is 0.106. The van der Waals surface area contributed by atoms with Gasteiger partial charge in [-0.25, -0.2) is 9.13 Å². The van der Waals surface area contributed by atoms with Gasteiger partial charge in [0, 0.05) is 25.7 Å². The molecule has 0 radical (unpaired) electrons. The van der Waals surface area contributed by atoms with Gasteiger partial charge in [0.2, 0.25) is 0 Å². The molecule has 0 aliphatic carbocycles. The molecular weight excluding hydrogens is 1320 g/mol. The molecule has 0 aromatic heterocycles. The molecule has 19 heteroatoms. The number of aliphatic hydroxyl groups is 1. The lowest BCUT2D eigenvalue weighted by molar-refractivity contribution is -0.161. The van der Waals surface area contributed by atoms with Crippen molar-refractivity contribution in [1.82, 2.24) is 0 Å². The van der Waals surface area contributed by atoms with Gasteiger partial charge in [-0.3, -0.25) is 37.3 Å². The lowest BCUT2D eigenvalue weighted by atomic mass is 9.99. The smallest absolute Gasteiger partial charge is 0.462 e. The summed E-state index contributed by atoms with van der Waals surface area (Å²) < 4.78 is 68.7. The van der Waals surface area contributed by atoms with Crippen LogP contribution in [0.15, 0.2) is 0 Å². The number of hydrogen-bond donors (Lipinski definition) is 3. The highest BCUT2D eigenvalue weighted by Crippen LogP contribution is 2.45. The van der Waals surface area contributed by atoms with E-state index < -0.39 is 97.5 Å². The van der Waals surface area contributed by atoms with Gasteiger partial charge in [-0.05, 0) is 37.5 Å². The molecule has 0 rings (SSSR count). The van der Waals surface area contributed by atoms with E-state index in [1.165, 1.54) is 250 Å². The highest BCUT2D eigenvalue weighted by atomic mass is 31.2. The monoisotopic (exact) mass is 1480 g/mol. The number of carbonyl (C=O) groups is 4. The maximum atomic E-state index is 13.1. The molecule has 3 N–H and O–H groups in total. The molecule has 0 aromatic carbocycles. The Morgan fingerprint density at radius 3 is 0.752 bits per heavy atom. The zero-order valence-corrected chi connectivity index (χ0v) is 68.0. The van der Waals surface area contributed by atoms with Crippen LogP contribution in [0.3, 0.4) is 0 Å². The van der Waals surface area contributed by atoms with Crippen LogP contribution in [0.4, 0.5) is 0 Å². The number of carbonyl (C=O) groups excluding carboxylic acids is 4. The van der Waals surface area contributed by atoms with Crippen LogP contribution in [-0.4, -0.2) is 96.7 Å². The fourth-order valence-corrected chi connectivity index (χ4v) is 14.3. The van der Waals surface area contributed by atoms with Gasteiger partial charge in [0.25, 0.3) is 0 Å². The summed E-state index contributed by atoms with van der Waals surface area (Å²) in [4.78, 5) is 73.0. The Kier molecular flexibility index (Phi) is 72.2. The van der Waals surface area contributed by atoms with E-state index in [0.29, 0.717) is 25.7 Å². The Bertz CT molecular complexity index is 1940. The van der Waals surface area contributed by atoms with E-state index in [9.17, 15) is 43.2 Å². The lowest BCUT2D eigenvalue weighted by Crippen LogP contribution is -2.30. The second-order valence-corrected chi connectivity index (χ2v) is 33.1. The highest BCUT2D eigenvalue weighted by Gasteiger charge is 2.30. The van der Waals surface area contributed by atoms with Crippen molar-refractivity contribution in [3.05, 3.63) is 0 Å². The third-order valence-electron chi connectivity index (χ3n) is 19.6. The van der Waals surface area contributed by atoms with Gasteiger partial charge in [0.05, 0.1) is 26.4 Å². The van der Waals surface area contributed by atoms with Crippen molar-refractivity contribution in [3.8, 4) is 0 Å². The Balaban J connectivity index is 5.20. The van der Waals surface area contributed by atoms with Gasteiger partial charge in [0.1, 0.15) is 19.3 Å². The molecule has 0 heterocycles. The molecule has 0 saturated carbocycles. The van der Waals surface area contributed by atoms with Crippen molar-refractivity contribution < 1.29 is 80.2 Å². The average molecular weight is 1480 g/mol. The molecule has 3 unspecified atom stereocenters. The Morgan fingerprint density at radius 2 is 0.505 bits per heavy atom. The Morgan fingerprint density at radius 1 is 0.287 bits per heavy atom. The van der Waals surface area contributed by atoms with E-state index in [1.807, 2.05) is 0 Å². The predicted molar refractivity (Wildman–Crippen MR) is 414 cm³/mol. The summed E-state index contributed by atoms with van der Waals surface area (Å²) >= 11 is 0. The number of hydrogen-bond acceptors (Lipinski definition) is 15. The molecule has 0 aliphatic heterocycles. The maximum Gasteiger partial charge on any atom is 0.472 e. The molecule has 600 valence electrons. The number of ether oxygens (including phenoxy) is 4. The van der Waals surface area contributed by atoms with E-state index in [1.54, 1.807) is 0 Å². The quantitative estimate of drug-likeness (QED) is 0.0222. The first-order valence-electron chi connectivity index (χ1n) is 42.5. The minimum atomic E-state index is -4.96. The van der Waals surface area contributed by atoms with Gasteiger partial charge >= 0.3 is 39.5 Å². The van der Waals surface area contributed by atoms with E-state index in [4.69, 9.17) is 37.0 Å². The number of phosphoric ester groups is 2. The van der Waals surface area contributed by atoms with Crippen molar-refractivity contribution >= 4 is 39.5 Å². The molecule has 0 fully saturated rings. The van der Waals surface area contributed by atoms with Crippen LogP contribution in [0.2, 0.25) is 0 Å². The molecule has 0 aliphatic rings. The summed E-state index contributed by atoms with van der Waals surface area (Å²) in [6, 6.07) is 0. The maximum absolute atomic E-state index is 13.1. The van der Waals surface area contributed by atoms with Crippen molar-refractivity contribution in [3.63, 3.8) is 0 Å². The van der Waals surface area contributed by atoms with Crippen LogP contribution >= 0.6 is 15.6 Å². The first-order valence-corrected chi connectivity index (χ1v) is 45.5. The highest BCUT2D eigenvalue weighted by molar-refractivity contribution is 7.47. The first-order chi connectivity index (χ1) is 48.9. The second kappa shape index (κ2) is 73.6. The largest absolute Gasteiger partial charge is 0.472 e. The van der Waals surface area contributed by atoms with Crippen molar-refractivity contribution in [2.24, 2.45) is 11.8 Å². The van der Waals surface area contributed by atoms with Gasteiger partial charge in [0.15, 0.2) is 12.2 Å². The predicted octanol–water partition coefficient (Wildman–Crippen LogP) is 24.7. The fraction of sp³-hybridized carbons (Fsp3) is 0.951. The van der Waals surface area contributed by atoms with Crippen molar-refractivity contribution in [2.75, 3.05) is 39.6 Å². The van der Waals surface area contributed by atoms with E-state index in [-0.39, 0.29) is 25.7 Å². The van der Waals surface area contributed by atoms with Crippen LogP contribution in [0.25, 0.3) is 0 Å². The third kappa shape index (κ3) is 74.7. The van der Waals surface area contributed by atoms with E-state index in [0.717, 1.165) is 102 Å². The summed E-state index contributed by atoms with van der Waals surface area (Å²) in [6.45, 7) is 9.66. The zero-order chi connectivity index (χ0) is 74.2. The van der Waals surface area contributed by atoms with Gasteiger partial charge < -0.3 is 33.8 Å². The molecule has 0 amide bonds. The van der Waals surface area contributed by atoms with Crippen molar-refractivity contribution in [1.29, 1.82) is 0 Å². The third-order valence-corrected chi connectivity index (χ3v) is 21.5. The Labute approximate surface area is 619 Å². The SMILES string of the molecule is CCCCCCCCCCCCCCCCCCCCCCCCC(=O)O[C@H](COC(=O)CCCCCCCCCCCCCCCC(C)C)COP(=O)(O)OC[C@@H](O)COP(=O)(O)OC[C@@H](COC(=O)CCCCCCCCCCC)OC(=O)CCCCCCCCCCCCC(C)CC. The number of phosphoric acid groups is 2. The standard InChI is InChI=1S/C82H160O17P2/c1-7-10-12-14-16-18-19-20-21-22-23-24-25-26-27-28-31-35-42-48-54-60-66-81(86)98-78(71-93-80(85)65-59-53-47-41-34-32-29-30-33-39-44-50-56-62-74(4)5)73-97-101(90,91)95-69-76(83)68-94-100(88,89)96-72-77(70-92-79(84)64-58-52-46-38-17-15-13-11-8-2)99-82(87)67-61-55-49-43-37-36-40-45-51-57-63-75(6)9-3/h74-78,83H,7-73H2,1-6H3,(H,88,89)(H,90,91)/t75?,76-,77+,78+/m0/s1. The summed E-state index contributed by atoms with van der Waals surface area (Å²) in [5.41, 5.74) is 0. The summed E-state index contributed by atoms with van der Waals surface area (Å²) in [6.07, 6.45) is 63.9. The van der Waals surface area contributed by atoms with Gasteiger partial charge in [-0.15, -0.1) is 0 Å². The Hall–Kier alpha value is -1.94. The van der Waals surface area contributed by atoms with Crippen LogP contribution in [0.5, 0.6) is 0 Å². The van der Waals surface area contributed by atoms with Crippen LogP contribution in [0, 0.1) is 11.8 Å². The lowest BCUT2D eigenvalue weighted by Gasteiger charge is -2.21. The summed E-state index contributed by atoms with van der Waals surface area (Å²) in [5, 5.41) is 10.6. The minimum Gasteiger partial charge on any atom is -0.462 e. The number of unbranched alkanes of at least 4 members (excludes halogenated alkanes) is 50. The van der Waals surface area contributed by atoms with Gasteiger partial charge in [-0.1, -0.05) is 382 Å². The number of esters is 4. The van der Waals surface area contributed by atoms with Gasteiger partial charge in [-0.2, -0.15) is 0 Å². The average Bonchev–Trinajstić information content (AvgIpc) is 0.954. The molecule has 6 atom stereocenters. The number of rotatable bonds is 81. The first kappa shape index (κ1) is 99.1. The zero-order valence-electron chi connectivity index (χ0n) is 66.2. The normalized spacial score (nSPS) is 14.2. The summed E-state index contributed by atoms with van der Waals surface area (Å²) in [5.74, 6) is -0.516. The topological polar surface area (TPSA) is 237 Å². The van der Waals surface area contributed by atoms with Crippen LogP contribution in [0.1, 0.15) is 433 Å². The molecule has 0 saturated heterocycles. The number of aliphatic hydroxyl groups excluding tert-OH is 1. The van der Waals surface area contributed by atoms with Crippen molar-refractivity contribution in [2.45, 2.75) is 452 Å². The molecule has 101 heavy (non-hydrogen) atoms. The second-order valence-electron chi connectivity index (χ2n) is 30.2. The van der Waals surface area contributed by atoms with E-state index >= 15 is 0 Å². The molecular formula is C82H160O17P2. The van der Waals surface area contributed by atoms with Crippen LogP contribution in [-0.2, 0) is 65.4 Å². The molecule has 17 nitrogen and oxygen atoms in total. The summed E-state index contributed by atoms with van der Waals surface area (Å²) in [7, 11) is -9.92. The van der Waals surface area contributed by atoms with E-state index in [2.05, 4.69) is 41.5 Å². The van der Waals surface area contributed by atoms with Crippen LogP contribution < -0.4 is 0 Å². The molecule has 0 spiro atoms.